The molecule has 6 nitrogen and oxygen atoms in total. The number of hydrogen-bond acceptors (Lipinski definition) is 5. The number of nitrogens with one attached hydrogen (secondary N) is 1. The van der Waals surface area contributed by atoms with Crippen molar-refractivity contribution in [1.29, 1.82) is 0 Å². The highest BCUT2D eigenvalue weighted by Gasteiger charge is 2.05. The number of phenolic OH excluding ortho intramolecular Hbond substituents is 2. The van der Waals surface area contributed by atoms with Gasteiger partial charge in [0.15, 0.2) is 6.61 Å². The molecule has 0 aliphatic carbocycles. The first-order valence-corrected chi connectivity index (χ1v) is 7.00. The van der Waals surface area contributed by atoms with Crippen molar-refractivity contribution >= 4 is 11.6 Å². The van der Waals surface area contributed by atoms with Gasteiger partial charge < -0.3 is 14.9 Å². The lowest BCUT2D eigenvalue weighted by molar-refractivity contribution is -0.123. The molecule has 0 radical (unpaired) electrons. The molecule has 1 amide bonds. The van der Waals surface area contributed by atoms with E-state index >= 15 is 0 Å². The van der Waals surface area contributed by atoms with Crippen LogP contribution in [0.4, 0.5) is 0 Å². The first-order valence-electron chi connectivity index (χ1n) is 7.00. The fourth-order valence-electron chi connectivity index (χ4n) is 1.90. The van der Waals surface area contributed by atoms with Gasteiger partial charge in [-0.1, -0.05) is 12.1 Å². The van der Waals surface area contributed by atoms with Crippen LogP contribution in [0.1, 0.15) is 18.1 Å². The summed E-state index contributed by atoms with van der Waals surface area (Å²) in [7, 11) is 0. The number of ether oxygens (including phenoxy) is 1. The number of aromatic hydroxyl groups is 2. The van der Waals surface area contributed by atoms with Crippen molar-refractivity contribution in [2.45, 2.75) is 13.8 Å². The summed E-state index contributed by atoms with van der Waals surface area (Å²) in [5.74, 6) is 0.0429. The van der Waals surface area contributed by atoms with E-state index in [0.717, 1.165) is 5.56 Å². The van der Waals surface area contributed by atoms with Gasteiger partial charge in [-0.2, -0.15) is 5.10 Å². The third-order valence-corrected chi connectivity index (χ3v) is 3.03. The van der Waals surface area contributed by atoms with Gasteiger partial charge in [0.25, 0.3) is 5.91 Å². The van der Waals surface area contributed by atoms with Crippen LogP contribution in [-0.2, 0) is 4.79 Å². The zero-order valence-electron chi connectivity index (χ0n) is 12.9. The Morgan fingerprint density at radius 3 is 2.52 bits per heavy atom. The molecule has 3 N–H and O–H groups in total. The second-order valence-corrected chi connectivity index (χ2v) is 5.08. The topological polar surface area (TPSA) is 91.2 Å². The van der Waals surface area contributed by atoms with Crippen LogP contribution in [0.25, 0.3) is 0 Å². The van der Waals surface area contributed by atoms with E-state index in [1.165, 1.54) is 18.2 Å². The summed E-state index contributed by atoms with van der Waals surface area (Å²) in [6, 6.07) is 11.5. The third-order valence-electron chi connectivity index (χ3n) is 3.03. The molecule has 0 heterocycles. The van der Waals surface area contributed by atoms with Crippen LogP contribution in [0, 0.1) is 6.92 Å². The van der Waals surface area contributed by atoms with E-state index in [2.05, 4.69) is 10.5 Å². The summed E-state index contributed by atoms with van der Waals surface area (Å²) in [5, 5.41) is 22.8. The molecule has 0 spiro atoms. The maximum absolute atomic E-state index is 11.7. The number of carbonyl (C=O) groups is 1. The Hall–Kier alpha value is -3.02. The van der Waals surface area contributed by atoms with Crippen molar-refractivity contribution in [2.75, 3.05) is 6.61 Å². The molecule has 0 saturated heterocycles. The molecule has 120 valence electrons. The van der Waals surface area contributed by atoms with Crippen molar-refractivity contribution in [3.63, 3.8) is 0 Å². The van der Waals surface area contributed by atoms with Crippen LogP contribution < -0.4 is 10.2 Å². The number of carbonyl (C=O) groups excluding carboxylic acids is 1. The van der Waals surface area contributed by atoms with E-state index in [9.17, 15) is 15.0 Å². The number of phenols is 2. The molecular formula is C17H18N2O4. The van der Waals surface area contributed by atoms with Gasteiger partial charge in [0.05, 0.1) is 5.71 Å². The second-order valence-electron chi connectivity index (χ2n) is 5.08. The molecule has 2 aromatic carbocycles. The van der Waals surface area contributed by atoms with Crippen LogP contribution >= 0.6 is 0 Å². The first kappa shape index (κ1) is 16.4. The summed E-state index contributed by atoms with van der Waals surface area (Å²) < 4.78 is 5.36. The van der Waals surface area contributed by atoms with E-state index in [4.69, 9.17) is 4.74 Å². The van der Waals surface area contributed by atoms with E-state index in [1.54, 1.807) is 13.0 Å². The Kier molecular flexibility index (Phi) is 5.19. The Labute approximate surface area is 134 Å². The van der Waals surface area contributed by atoms with Gasteiger partial charge in [-0.05, 0) is 43.7 Å². The third kappa shape index (κ3) is 5.03. The fourth-order valence-corrected chi connectivity index (χ4v) is 1.90. The Balaban J connectivity index is 1.92. The minimum atomic E-state index is -0.407. The molecule has 0 aliphatic heterocycles. The minimum Gasteiger partial charge on any atom is -0.508 e. The second kappa shape index (κ2) is 7.31. The van der Waals surface area contributed by atoms with Gasteiger partial charge >= 0.3 is 0 Å². The zero-order chi connectivity index (χ0) is 16.8. The predicted octanol–water partition coefficient (Wildman–Crippen LogP) is 2.33. The van der Waals surface area contributed by atoms with Crippen molar-refractivity contribution in [2.24, 2.45) is 5.10 Å². The van der Waals surface area contributed by atoms with Crippen LogP contribution in [0.3, 0.4) is 0 Å². The van der Waals surface area contributed by atoms with Crippen molar-refractivity contribution in [3.8, 4) is 17.2 Å². The number of nitrogens with zero attached hydrogens (tertiary/aromatic N) is 1. The minimum absolute atomic E-state index is 0.0799. The summed E-state index contributed by atoms with van der Waals surface area (Å²) in [4.78, 5) is 11.7. The highest BCUT2D eigenvalue weighted by Crippen LogP contribution is 2.20. The molecule has 0 aliphatic rings. The van der Waals surface area contributed by atoms with E-state index in [-0.39, 0.29) is 18.1 Å². The van der Waals surface area contributed by atoms with Crippen LogP contribution in [0.2, 0.25) is 0 Å². The summed E-state index contributed by atoms with van der Waals surface area (Å²) >= 11 is 0. The number of benzene rings is 2. The monoisotopic (exact) mass is 314 g/mol. The largest absolute Gasteiger partial charge is 0.508 e. The molecule has 2 aromatic rings. The number of rotatable bonds is 5. The molecule has 0 fully saturated rings. The lowest BCUT2D eigenvalue weighted by atomic mass is 10.1. The highest BCUT2D eigenvalue weighted by molar-refractivity contribution is 5.99. The zero-order valence-corrected chi connectivity index (χ0v) is 12.9. The first-order chi connectivity index (χ1) is 10.9. The maximum atomic E-state index is 11.7. The average Bonchev–Trinajstić information content (AvgIpc) is 2.49. The Bertz CT molecular complexity index is 721. The average molecular weight is 314 g/mol. The Morgan fingerprint density at radius 1 is 1.17 bits per heavy atom. The van der Waals surface area contributed by atoms with Gasteiger partial charge in [-0.15, -0.1) is 0 Å². The van der Waals surface area contributed by atoms with E-state index in [1.807, 2.05) is 25.1 Å². The highest BCUT2D eigenvalue weighted by atomic mass is 16.5. The van der Waals surface area contributed by atoms with E-state index < -0.39 is 5.91 Å². The van der Waals surface area contributed by atoms with Crippen LogP contribution in [-0.4, -0.2) is 28.4 Å². The number of hydrazone groups is 1. The summed E-state index contributed by atoms with van der Waals surface area (Å²) in [6.07, 6.45) is 0. The molecule has 2 rings (SSSR count). The molecule has 0 saturated carbocycles. The number of hydrogen-bond donors (Lipinski definition) is 3. The van der Waals surface area contributed by atoms with E-state index in [0.29, 0.717) is 17.0 Å². The van der Waals surface area contributed by atoms with Gasteiger partial charge in [0.2, 0.25) is 0 Å². The molecule has 0 atom stereocenters. The molecule has 6 heteroatoms. The summed E-state index contributed by atoms with van der Waals surface area (Å²) in [6.45, 7) is 3.42. The Morgan fingerprint density at radius 2 is 1.87 bits per heavy atom. The van der Waals surface area contributed by atoms with Crippen LogP contribution in [0.15, 0.2) is 47.6 Å². The summed E-state index contributed by atoms with van der Waals surface area (Å²) in [5.41, 5.74) is 4.35. The number of amides is 1. The van der Waals surface area contributed by atoms with Crippen LogP contribution in [0.5, 0.6) is 17.2 Å². The normalized spacial score (nSPS) is 11.1. The van der Waals surface area contributed by atoms with Crippen molar-refractivity contribution in [3.05, 3.63) is 53.6 Å². The fraction of sp³-hybridized carbons (Fsp3) is 0.176. The predicted molar refractivity (Wildman–Crippen MR) is 86.8 cm³/mol. The lowest BCUT2D eigenvalue weighted by Crippen LogP contribution is -2.25. The SMILES string of the molecule is C/C(=N/NC(=O)COc1cccc(C)c1)c1cc(O)cc(O)c1. The van der Waals surface area contributed by atoms with Gasteiger partial charge in [0.1, 0.15) is 17.2 Å². The number of aryl methyl sites for hydroxylation is 1. The van der Waals surface area contributed by atoms with Gasteiger partial charge in [-0.3, -0.25) is 4.79 Å². The molecule has 0 aromatic heterocycles. The molecule has 23 heavy (non-hydrogen) atoms. The molecule has 0 bridgehead atoms. The molecule has 0 unspecified atom stereocenters. The van der Waals surface area contributed by atoms with Gasteiger partial charge in [-0.25, -0.2) is 5.43 Å². The maximum Gasteiger partial charge on any atom is 0.277 e. The smallest absolute Gasteiger partial charge is 0.277 e. The van der Waals surface area contributed by atoms with Gasteiger partial charge in [0, 0.05) is 11.6 Å². The quantitative estimate of drug-likeness (QED) is 0.583. The standard InChI is InChI=1S/C17H18N2O4/c1-11-4-3-5-16(6-11)23-10-17(22)19-18-12(2)13-7-14(20)9-15(21)8-13/h3-9,20-21H,10H2,1-2H3,(H,19,22)/b18-12-. The van der Waals surface area contributed by atoms with Crippen molar-refractivity contribution < 1.29 is 19.7 Å². The van der Waals surface area contributed by atoms with Crippen molar-refractivity contribution in [1.82, 2.24) is 5.43 Å². The lowest BCUT2D eigenvalue weighted by Gasteiger charge is -2.07. The molecular weight excluding hydrogens is 296 g/mol.